The smallest absolute Gasteiger partial charge is 0.352 e. The highest BCUT2D eigenvalue weighted by molar-refractivity contribution is 6.35. The van der Waals surface area contributed by atoms with Crippen molar-refractivity contribution in [1.82, 2.24) is 24.6 Å². The zero-order chi connectivity index (χ0) is 28.8. The Morgan fingerprint density at radius 1 is 1.15 bits per heavy atom. The van der Waals surface area contributed by atoms with E-state index < -0.39 is 0 Å². The van der Waals surface area contributed by atoms with E-state index in [-0.39, 0.29) is 17.5 Å². The predicted molar refractivity (Wildman–Crippen MR) is 166 cm³/mol. The van der Waals surface area contributed by atoms with Crippen molar-refractivity contribution < 1.29 is 4.79 Å². The normalized spacial score (nSPS) is 15.9. The number of amides is 1. The lowest BCUT2D eigenvalue weighted by Gasteiger charge is -2.35. The van der Waals surface area contributed by atoms with Crippen molar-refractivity contribution in [2.24, 2.45) is 5.92 Å². The van der Waals surface area contributed by atoms with Gasteiger partial charge in [0.05, 0.1) is 17.2 Å². The average Bonchev–Trinajstić information content (AvgIpc) is 3.45. The van der Waals surface area contributed by atoms with E-state index in [2.05, 4.69) is 65.6 Å². The highest BCUT2D eigenvalue weighted by Crippen LogP contribution is 2.41. The molecule has 2 aromatic carbocycles. The average molecular weight is 569 g/mol. The van der Waals surface area contributed by atoms with Gasteiger partial charge in [0, 0.05) is 53.2 Å². The van der Waals surface area contributed by atoms with Gasteiger partial charge in [0.15, 0.2) is 0 Å². The Morgan fingerprint density at radius 2 is 1.93 bits per heavy atom. The zero-order valence-corrected chi connectivity index (χ0v) is 24.3. The van der Waals surface area contributed by atoms with E-state index in [1.165, 1.54) is 6.08 Å². The zero-order valence-electron chi connectivity index (χ0n) is 23.6. The number of anilines is 1. The lowest BCUT2D eigenvalue weighted by molar-refractivity contribution is -0.126. The molecule has 0 radical (unpaired) electrons. The Bertz CT molecular complexity index is 1820. The first-order valence-corrected chi connectivity index (χ1v) is 14.4. The van der Waals surface area contributed by atoms with Crippen LogP contribution in [0.4, 0.5) is 5.82 Å². The number of allylic oxidation sites excluding steroid dienone is 4. The Balaban J connectivity index is 1.62. The Hall–Kier alpha value is -4.17. The van der Waals surface area contributed by atoms with Gasteiger partial charge in [-0.2, -0.15) is 10.1 Å². The monoisotopic (exact) mass is 568 g/mol. The minimum absolute atomic E-state index is 0.0899. The van der Waals surface area contributed by atoms with Gasteiger partial charge >= 0.3 is 5.69 Å². The van der Waals surface area contributed by atoms with Crippen molar-refractivity contribution >= 4 is 50.8 Å². The van der Waals surface area contributed by atoms with Crippen LogP contribution in [0.15, 0.2) is 65.6 Å². The predicted octanol–water partition coefficient (Wildman–Crippen LogP) is 5.95. The molecular weight excluding hydrogens is 536 g/mol. The number of carbonyl (C=O) groups excluding carboxylic acids is 1. The molecule has 6 rings (SSSR count). The second kappa shape index (κ2) is 10.7. The number of hydrogen-bond acceptors (Lipinski definition) is 5. The fourth-order valence-electron chi connectivity index (χ4n) is 6.11. The van der Waals surface area contributed by atoms with Gasteiger partial charge in [0.1, 0.15) is 5.82 Å². The topological polar surface area (TPSA) is 87.1 Å². The summed E-state index contributed by atoms with van der Waals surface area (Å²) < 4.78 is 1.79. The first-order valence-electron chi connectivity index (χ1n) is 14.0. The van der Waals surface area contributed by atoms with E-state index in [1.54, 1.807) is 9.47 Å². The number of halogens is 1. The SMILES string of the molecule is C=CC(=O)N1CCN(c2nc(=O)n(C3=C(C(C)C)C=CCC3)c3cc(-c4c(C)ccc5[nH]ncc45)c(Cl)cc23)CC1. The van der Waals surface area contributed by atoms with Crippen LogP contribution in [0.25, 0.3) is 38.6 Å². The lowest BCUT2D eigenvalue weighted by Crippen LogP contribution is -2.49. The first kappa shape index (κ1) is 27.0. The number of piperazine rings is 1. The number of aryl methyl sites for hydroxylation is 1. The van der Waals surface area contributed by atoms with E-state index in [4.69, 9.17) is 11.6 Å². The number of rotatable bonds is 5. The first-order chi connectivity index (χ1) is 19.8. The van der Waals surface area contributed by atoms with Gasteiger partial charge in [-0.05, 0) is 66.7 Å². The van der Waals surface area contributed by atoms with Gasteiger partial charge in [0.25, 0.3) is 0 Å². The summed E-state index contributed by atoms with van der Waals surface area (Å²) in [4.78, 5) is 34.7. The molecule has 41 heavy (non-hydrogen) atoms. The van der Waals surface area contributed by atoms with Crippen LogP contribution in [0.5, 0.6) is 0 Å². The summed E-state index contributed by atoms with van der Waals surface area (Å²) in [6.07, 6.45) is 9.07. The number of aromatic amines is 1. The summed E-state index contributed by atoms with van der Waals surface area (Å²) in [5, 5.41) is 9.68. The summed E-state index contributed by atoms with van der Waals surface area (Å²) in [6.45, 7) is 12.1. The number of H-pyrrole nitrogens is 1. The molecule has 1 saturated heterocycles. The molecule has 0 spiro atoms. The molecule has 0 saturated carbocycles. The quantitative estimate of drug-likeness (QED) is 0.300. The van der Waals surface area contributed by atoms with E-state index in [0.29, 0.717) is 37.0 Å². The van der Waals surface area contributed by atoms with E-state index >= 15 is 0 Å². The maximum absolute atomic E-state index is 14.0. The summed E-state index contributed by atoms with van der Waals surface area (Å²) in [5.41, 5.74) is 6.38. The standard InChI is InChI=1S/C32H33ClN6O2/c1-5-29(40)37-12-14-38(15-13-37)31-23-16-25(33)22(30-20(4)10-11-26-24(30)18-34-36-26)17-28(23)39(32(41)35-31)27-9-7-6-8-21(27)19(2)3/h5-6,8,10-11,16-19H,1,7,9,12-15H2,2-4H3,(H,34,36). The van der Waals surface area contributed by atoms with Crippen molar-refractivity contribution in [3.63, 3.8) is 0 Å². The van der Waals surface area contributed by atoms with Crippen LogP contribution < -0.4 is 10.6 Å². The molecule has 9 heteroatoms. The van der Waals surface area contributed by atoms with Crippen molar-refractivity contribution in [2.45, 2.75) is 33.6 Å². The maximum Gasteiger partial charge on any atom is 0.354 e. The molecule has 1 amide bonds. The van der Waals surface area contributed by atoms with Gasteiger partial charge in [-0.1, -0.05) is 50.2 Å². The molecule has 3 heterocycles. The van der Waals surface area contributed by atoms with Crippen molar-refractivity contribution in [1.29, 1.82) is 0 Å². The van der Waals surface area contributed by atoms with Crippen molar-refractivity contribution in [2.75, 3.05) is 31.1 Å². The summed E-state index contributed by atoms with van der Waals surface area (Å²) in [6, 6.07) is 8.05. The minimum atomic E-state index is -0.313. The van der Waals surface area contributed by atoms with Crippen LogP contribution >= 0.6 is 11.6 Å². The van der Waals surface area contributed by atoms with Crippen LogP contribution in [-0.2, 0) is 4.79 Å². The summed E-state index contributed by atoms with van der Waals surface area (Å²) >= 11 is 7.08. The second-order valence-electron chi connectivity index (χ2n) is 11.0. The molecule has 0 bridgehead atoms. The van der Waals surface area contributed by atoms with Crippen molar-refractivity contribution in [3.8, 4) is 11.1 Å². The van der Waals surface area contributed by atoms with E-state index in [9.17, 15) is 9.59 Å². The van der Waals surface area contributed by atoms with Crippen LogP contribution in [0, 0.1) is 12.8 Å². The van der Waals surface area contributed by atoms with Crippen LogP contribution in [0.3, 0.4) is 0 Å². The molecule has 1 aliphatic heterocycles. The van der Waals surface area contributed by atoms with Gasteiger partial charge in [-0.15, -0.1) is 0 Å². The highest BCUT2D eigenvalue weighted by Gasteiger charge is 2.26. The third kappa shape index (κ3) is 4.66. The third-order valence-corrected chi connectivity index (χ3v) is 8.51. The van der Waals surface area contributed by atoms with Gasteiger partial charge in [-0.25, -0.2) is 4.79 Å². The molecule has 1 N–H and O–H groups in total. The van der Waals surface area contributed by atoms with Crippen LogP contribution in [0.2, 0.25) is 5.02 Å². The van der Waals surface area contributed by atoms with Crippen molar-refractivity contribution in [3.05, 3.63) is 81.9 Å². The highest BCUT2D eigenvalue weighted by atomic mass is 35.5. The molecule has 0 atom stereocenters. The Morgan fingerprint density at radius 3 is 2.66 bits per heavy atom. The molecule has 2 aliphatic rings. The molecule has 2 aromatic heterocycles. The number of benzene rings is 2. The number of aromatic nitrogens is 4. The molecule has 8 nitrogen and oxygen atoms in total. The molecule has 4 aromatic rings. The third-order valence-electron chi connectivity index (χ3n) is 8.20. The van der Waals surface area contributed by atoms with Gasteiger partial charge < -0.3 is 9.80 Å². The number of fused-ring (bicyclic) bond motifs is 2. The summed E-state index contributed by atoms with van der Waals surface area (Å²) in [5.74, 6) is 0.747. The molecule has 210 valence electrons. The fourth-order valence-corrected chi connectivity index (χ4v) is 6.37. The van der Waals surface area contributed by atoms with E-state index in [0.717, 1.165) is 62.6 Å². The molecule has 1 aliphatic carbocycles. The lowest BCUT2D eigenvalue weighted by atomic mass is 9.93. The van der Waals surface area contributed by atoms with Crippen LogP contribution in [0.1, 0.15) is 32.3 Å². The molecule has 0 unspecified atom stereocenters. The van der Waals surface area contributed by atoms with Gasteiger partial charge in [-0.3, -0.25) is 14.5 Å². The number of carbonyl (C=O) groups is 1. The van der Waals surface area contributed by atoms with E-state index in [1.807, 2.05) is 24.4 Å². The maximum atomic E-state index is 14.0. The molecular formula is C32H33ClN6O2. The summed E-state index contributed by atoms with van der Waals surface area (Å²) in [7, 11) is 0. The minimum Gasteiger partial charge on any atom is -0.352 e. The number of nitrogens with one attached hydrogen (secondary N) is 1. The Labute approximate surface area is 243 Å². The number of nitrogens with zero attached hydrogens (tertiary/aromatic N) is 5. The fraction of sp³-hybridized carbons (Fsp3) is 0.312. The largest absolute Gasteiger partial charge is 0.354 e. The van der Waals surface area contributed by atoms with Crippen LogP contribution in [-0.4, -0.2) is 56.7 Å². The second-order valence-corrected chi connectivity index (χ2v) is 11.4. The molecule has 1 fully saturated rings. The Kier molecular flexibility index (Phi) is 7.03. The number of hydrogen-bond donors (Lipinski definition) is 1. The van der Waals surface area contributed by atoms with Gasteiger partial charge in [0.2, 0.25) is 5.91 Å².